The van der Waals surface area contributed by atoms with E-state index in [1.54, 1.807) is 6.92 Å². The van der Waals surface area contributed by atoms with Crippen molar-refractivity contribution in [1.29, 1.82) is 0 Å². The molecule has 0 aliphatic carbocycles. The Balaban J connectivity index is 2.30. The van der Waals surface area contributed by atoms with Crippen molar-refractivity contribution in [3.05, 3.63) is 53.0 Å². The van der Waals surface area contributed by atoms with E-state index in [-0.39, 0.29) is 5.82 Å². The lowest BCUT2D eigenvalue weighted by Crippen LogP contribution is -2.38. The second kappa shape index (κ2) is 6.97. The standard InChI is InChI=1S/C18H26FN3/c1-13(2)10-22-12-15(11-21(4)5)9-18(20-22)16-6-7-17(19)14(3)8-16/h6-9,12-13,20H,10-11H2,1-5H3. The molecule has 0 aromatic heterocycles. The van der Waals surface area contributed by atoms with E-state index in [1.807, 2.05) is 12.1 Å². The molecule has 0 radical (unpaired) electrons. The first-order valence-corrected chi connectivity index (χ1v) is 7.72. The van der Waals surface area contributed by atoms with Gasteiger partial charge >= 0.3 is 0 Å². The first-order valence-electron chi connectivity index (χ1n) is 7.72. The second-order valence-corrected chi connectivity index (χ2v) is 6.62. The molecule has 22 heavy (non-hydrogen) atoms. The summed E-state index contributed by atoms with van der Waals surface area (Å²) in [6.07, 6.45) is 4.30. The molecule has 2 rings (SSSR count). The van der Waals surface area contributed by atoms with E-state index in [2.05, 4.69) is 55.6 Å². The van der Waals surface area contributed by atoms with Crippen LogP contribution < -0.4 is 5.43 Å². The topological polar surface area (TPSA) is 18.5 Å². The summed E-state index contributed by atoms with van der Waals surface area (Å²) in [5.74, 6) is 0.391. The molecule has 0 saturated carbocycles. The molecule has 120 valence electrons. The van der Waals surface area contributed by atoms with Crippen molar-refractivity contribution in [2.45, 2.75) is 20.8 Å². The Morgan fingerprint density at radius 3 is 2.59 bits per heavy atom. The lowest BCUT2D eigenvalue weighted by molar-refractivity contribution is 0.279. The molecule has 0 spiro atoms. The highest BCUT2D eigenvalue weighted by Crippen LogP contribution is 2.22. The van der Waals surface area contributed by atoms with Crippen molar-refractivity contribution in [2.75, 3.05) is 27.2 Å². The molecule has 0 amide bonds. The number of hydrazine groups is 1. The Morgan fingerprint density at radius 2 is 2.00 bits per heavy atom. The molecule has 1 aromatic rings. The van der Waals surface area contributed by atoms with E-state index in [4.69, 9.17) is 0 Å². The third-order valence-electron chi connectivity index (χ3n) is 3.45. The SMILES string of the molecule is Cc1cc(C2=CC(CN(C)C)=CN(CC(C)C)N2)ccc1F. The molecule has 1 aliphatic rings. The number of benzene rings is 1. The van der Waals surface area contributed by atoms with Gasteiger partial charge < -0.3 is 4.90 Å². The van der Waals surface area contributed by atoms with Gasteiger partial charge in [-0.2, -0.15) is 0 Å². The van der Waals surface area contributed by atoms with E-state index in [0.717, 1.165) is 24.4 Å². The molecular formula is C18H26FN3. The maximum Gasteiger partial charge on any atom is 0.126 e. The van der Waals surface area contributed by atoms with Crippen molar-refractivity contribution < 1.29 is 4.39 Å². The summed E-state index contributed by atoms with van der Waals surface area (Å²) in [6, 6.07) is 5.25. The first-order chi connectivity index (χ1) is 10.3. The number of rotatable bonds is 5. The number of likely N-dealkylation sites (N-methyl/N-ethyl adjacent to an activating group) is 1. The Morgan fingerprint density at radius 1 is 1.27 bits per heavy atom. The number of nitrogens with zero attached hydrogens (tertiary/aromatic N) is 2. The molecule has 1 heterocycles. The third kappa shape index (κ3) is 4.34. The lowest BCUT2D eigenvalue weighted by atomic mass is 10.0. The zero-order valence-corrected chi connectivity index (χ0v) is 14.2. The molecule has 0 fully saturated rings. The van der Waals surface area contributed by atoms with Crippen LogP contribution in [0, 0.1) is 18.7 Å². The van der Waals surface area contributed by atoms with E-state index in [0.29, 0.717) is 11.5 Å². The average molecular weight is 303 g/mol. The Labute approximate surface area is 133 Å². The monoisotopic (exact) mass is 303 g/mol. The maximum absolute atomic E-state index is 13.5. The summed E-state index contributed by atoms with van der Waals surface area (Å²) in [5.41, 5.74) is 7.36. The van der Waals surface area contributed by atoms with Gasteiger partial charge in [0.15, 0.2) is 0 Å². The first kappa shape index (κ1) is 16.6. The molecule has 0 unspecified atom stereocenters. The maximum atomic E-state index is 13.5. The quantitative estimate of drug-likeness (QED) is 0.899. The number of halogens is 1. The second-order valence-electron chi connectivity index (χ2n) is 6.62. The summed E-state index contributed by atoms with van der Waals surface area (Å²) in [6.45, 7) is 7.99. The van der Waals surface area contributed by atoms with Gasteiger partial charge in [0.25, 0.3) is 0 Å². The summed E-state index contributed by atoms with van der Waals surface area (Å²) >= 11 is 0. The summed E-state index contributed by atoms with van der Waals surface area (Å²) in [7, 11) is 4.12. The minimum Gasteiger partial charge on any atom is -0.305 e. The van der Waals surface area contributed by atoms with Crippen molar-refractivity contribution in [3.63, 3.8) is 0 Å². The number of aryl methyl sites for hydroxylation is 1. The van der Waals surface area contributed by atoms with Gasteiger partial charge in [-0.25, -0.2) is 4.39 Å². The van der Waals surface area contributed by atoms with Crippen LogP contribution in [-0.4, -0.2) is 37.1 Å². The summed E-state index contributed by atoms with van der Waals surface area (Å²) in [4.78, 5) is 2.15. The van der Waals surface area contributed by atoms with Crippen molar-refractivity contribution in [2.24, 2.45) is 5.92 Å². The van der Waals surface area contributed by atoms with E-state index >= 15 is 0 Å². The fourth-order valence-corrected chi connectivity index (χ4v) is 2.55. The van der Waals surface area contributed by atoms with E-state index in [1.165, 1.54) is 11.6 Å². The average Bonchev–Trinajstić information content (AvgIpc) is 2.40. The van der Waals surface area contributed by atoms with Crippen LogP contribution in [0.4, 0.5) is 4.39 Å². The zero-order valence-electron chi connectivity index (χ0n) is 14.2. The van der Waals surface area contributed by atoms with Gasteiger partial charge in [0.1, 0.15) is 5.82 Å². The van der Waals surface area contributed by atoms with Crippen LogP contribution in [0.15, 0.2) is 36.0 Å². The normalized spacial score (nSPS) is 15.0. The van der Waals surface area contributed by atoms with Gasteiger partial charge in [0.2, 0.25) is 0 Å². The van der Waals surface area contributed by atoms with Crippen LogP contribution in [0.1, 0.15) is 25.0 Å². The molecule has 0 saturated heterocycles. The fourth-order valence-electron chi connectivity index (χ4n) is 2.55. The van der Waals surface area contributed by atoms with Gasteiger partial charge in [0, 0.05) is 19.3 Å². The number of hydrogen-bond donors (Lipinski definition) is 1. The minimum absolute atomic E-state index is 0.164. The molecule has 0 bridgehead atoms. The molecule has 1 N–H and O–H groups in total. The van der Waals surface area contributed by atoms with Crippen LogP contribution in [0.5, 0.6) is 0 Å². The van der Waals surface area contributed by atoms with Crippen LogP contribution in [-0.2, 0) is 0 Å². The van der Waals surface area contributed by atoms with Crippen LogP contribution in [0.3, 0.4) is 0 Å². The third-order valence-corrected chi connectivity index (χ3v) is 3.45. The number of hydrogen-bond acceptors (Lipinski definition) is 3. The van der Waals surface area contributed by atoms with Crippen molar-refractivity contribution in [3.8, 4) is 0 Å². The van der Waals surface area contributed by atoms with Gasteiger partial charge in [-0.3, -0.25) is 10.4 Å². The van der Waals surface area contributed by atoms with Gasteiger partial charge in [0.05, 0.1) is 5.70 Å². The minimum atomic E-state index is -0.164. The molecule has 3 nitrogen and oxygen atoms in total. The molecular weight excluding hydrogens is 277 g/mol. The van der Waals surface area contributed by atoms with Gasteiger partial charge in [-0.1, -0.05) is 13.8 Å². The van der Waals surface area contributed by atoms with E-state index in [9.17, 15) is 4.39 Å². The molecule has 4 heteroatoms. The van der Waals surface area contributed by atoms with Crippen LogP contribution >= 0.6 is 0 Å². The van der Waals surface area contributed by atoms with Crippen LogP contribution in [0.2, 0.25) is 0 Å². The fraction of sp³-hybridized carbons (Fsp3) is 0.444. The molecule has 0 atom stereocenters. The van der Waals surface area contributed by atoms with Crippen molar-refractivity contribution >= 4 is 5.70 Å². The van der Waals surface area contributed by atoms with Crippen molar-refractivity contribution in [1.82, 2.24) is 15.3 Å². The molecule has 1 aliphatic heterocycles. The highest BCUT2D eigenvalue weighted by molar-refractivity contribution is 5.68. The predicted octanol–water partition coefficient (Wildman–Crippen LogP) is 3.40. The lowest BCUT2D eigenvalue weighted by Gasteiger charge is -2.31. The predicted molar refractivity (Wildman–Crippen MR) is 90.4 cm³/mol. The van der Waals surface area contributed by atoms with Gasteiger partial charge in [-0.15, -0.1) is 0 Å². The highest BCUT2D eigenvalue weighted by Gasteiger charge is 2.15. The Bertz CT molecular complexity index is 588. The Hall–Kier alpha value is -1.81. The van der Waals surface area contributed by atoms with Crippen LogP contribution in [0.25, 0.3) is 5.70 Å². The highest BCUT2D eigenvalue weighted by atomic mass is 19.1. The smallest absolute Gasteiger partial charge is 0.126 e. The largest absolute Gasteiger partial charge is 0.305 e. The Kier molecular flexibility index (Phi) is 5.24. The summed E-state index contributed by atoms with van der Waals surface area (Å²) < 4.78 is 13.5. The van der Waals surface area contributed by atoms with Gasteiger partial charge in [-0.05, 0) is 67.9 Å². The molecule has 1 aromatic carbocycles. The van der Waals surface area contributed by atoms with E-state index < -0.39 is 0 Å². The number of nitrogens with one attached hydrogen (secondary N) is 1. The zero-order chi connectivity index (χ0) is 16.3. The summed E-state index contributed by atoms with van der Waals surface area (Å²) in [5, 5.41) is 2.12.